The first kappa shape index (κ1) is 6.91. The zero-order valence-electron chi connectivity index (χ0n) is 5.93. The van der Waals surface area contributed by atoms with Crippen LogP contribution >= 0.6 is 11.8 Å². The van der Waals surface area contributed by atoms with Crippen molar-refractivity contribution in [2.45, 2.75) is 6.04 Å². The van der Waals surface area contributed by atoms with Crippen LogP contribution in [-0.4, -0.2) is 27.3 Å². The van der Waals surface area contributed by atoms with Gasteiger partial charge in [-0.15, -0.1) is 0 Å². The third-order valence-electron chi connectivity index (χ3n) is 1.83. The molecule has 1 fully saturated rings. The number of imidazole rings is 1. The van der Waals surface area contributed by atoms with E-state index in [9.17, 15) is 4.79 Å². The summed E-state index contributed by atoms with van der Waals surface area (Å²) in [6.45, 7) is 0. The Morgan fingerprint density at radius 1 is 1.73 bits per heavy atom. The predicted octanol–water partition coefficient (Wildman–Crippen LogP) is 0.983. The summed E-state index contributed by atoms with van der Waals surface area (Å²) in [6.07, 6.45) is 4.19. The largest absolute Gasteiger partial charge is 0.324 e. The highest BCUT2D eigenvalue weighted by Gasteiger charge is 2.21. The molecule has 4 heteroatoms. The van der Waals surface area contributed by atoms with Crippen LogP contribution in [0.5, 0.6) is 0 Å². The van der Waals surface area contributed by atoms with Crippen LogP contribution in [0.25, 0.3) is 0 Å². The number of carbonyl (C=O) groups is 1. The smallest absolute Gasteiger partial charge is 0.168 e. The predicted molar refractivity (Wildman–Crippen MR) is 44.0 cm³/mol. The van der Waals surface area contributed by atoms with Crippen molar-refractivity contribution in [3.05, 3.63) is 18.2 Å². The van der Waals surface area contributed by atoms with Crippen molar-refractivity contribution >= 4 is 18.0 Å². The van der Waals surface area contributed by atoms with Crippen LogP contribution in [0.3, 0.4) is 0 Å². The van der Waals surface area contributed by atoms with Crippen LogP contribution < -0.4 is 0 Å². The van der Waals surface area contributed by atoms with Crippen molar-refractivity contribution in [1.29, 1.82) is 0 Å². The summed E-state index contributed by atoms with van der Waals surface area (Å²) in [5, 5.41) is 0. The van der Waals surface area contributed by atoms with Gasteiger partial charge in [-0.25, -0.2) is 4.98 Å². The molecule has 58 valence electrons. The van der Waals surface area contributed by atoms with Gasteiger partial charge < -0.3 is 4.57 Å². The molecular formula is C7H8N2OS. The second-order valence-corrected chi connectivity index (χ2v) is 3.61. The normalized spacial score (nSPS) is 17.8. The van der Waals surface area contributed by atoms with Crippen molar-refractivity contribution in [1.82, 2.24) is 9.55 Å². The minimum absolute atomic E-state index is 0.502. The van der Waals surface area contributed by atoms with Crippen molar-refractivity contribution in [2.24, 2.45) is 0 Å². The first-order chi connectivity index (χ1) is 5.42. The fourth-order valence-electron chi connectivity index (χ4n) is 1.10. The van der Waals surface area contributed by atoms with Gasteiger partial charge in [0.25, 0.3) is 0 Å². The Balaban J connectivity index is 2.27. The minimum atomic E-state index is 0.502. The molecule has 0 N–H and O–H groups in total. The number of carbonyl (C=O) groups excluding carboxylic acids is 1. The highest BCUT2D eigenvalue weighted by Crippen LogP contribution is 2.29. The van der Waals surface area contributed by atoms with E-state index < -0.39 is 0 Å². The van der Waals surface area contributed by atoms with E-state index in [0.29, 0.717) is 11.7 Å². The SMILES string of the molecule is O=Cc1cncn1C1CSC1. The van der Waals surface area contributed by atoms with Gasteiger partial charge in [0.05, 0.1) is 18.6 Å². The highest BCUT2D eigenvalue weighted by atomic mass is 32.2. The molecule has 0 saturated carbocycles. The Bertz CT molecular complexity index is 267. The molecule has 0 radical (unpaired) electrons. The number of thioether (sulfide) groups is 1. The Morgan fingerprint density at radius 3 is 3.09 bits per heavy atom. The van der Waals surface area contributed by atoms with E-state index in [4.69, 9.17) is 0 Å². The van der Waals surface area contributed by atoms with E-state index in [1.54, 1.807) is 12.5 Å². The summed E-state index contributed by atoms with van der Waals surface area (Å²) < 4.78 is 1.95. The highest BCUT2D eigenvalue weighted by molar-refractivity contribution is 8.00. The molecule has 1 aliphatic rings. The molecule has 0 amide bonds. The van der Waals surface area contributed by atoms with E-state index in [0.717, 1.165) is 17.8 Å². The standard InChI is InChI=1S/C7H8N2OS/c10-2-6-1-8-5-9(6)7-3-11-4-7/h1-2,5,7H,3-4H2. The van der Waals surface area contributed by atoms with Gasteiger partial charge in [0.15, 0.2) is 6.29 Å². The van der Waals surface area contributed by atoms with Gasteiger partial charge in [0, 0.05) is 11.5 Å². The summed E-state index contributed by atoms with van der Waals surface area (Å²) in [5.41, 5.74) is 0.690. The van der Waals surface area contributed by atoms with Gasteiger partial charge >= 0.3 is 0 Å². The Morgan fingerprint density at radius 2 is 2.55 bits per heavy atom. The van der Waals surface area contributed by atoms with Gasteiger partial charge in [-0.2, -0.15) is 11.8 Å². The second-order valence-electron chi connectivity index (χ2n) is 2.53. The maximum Gasteiger partial charge on any atom is 0.168 e. The number of rotatable bonds is 2. The van der Waals surface area contributed by atoms with Crippen LogP contribution in [0.1, 0.15) is 16.5 Å². The molecule has 0 aliphatic carbocycles. The summed E-state index contributed by atoms with van der Waals surface area (Å²) in [5.74, 6) is 2.22. The third-order valence-corrected chi connectivity index (χ3v) is 3.07. The van der Waals surface area contributed by atoms with Crippen molar-refractivity contribution in [3.8, 4) is 0 Å². The van der Waals surface area contributed by atoms with Gasteiger partial charge in [-0.05, 0) is 0 Å². The van der Waals surface area contributed by atoms with Crippen LogP contribution in [-0.2, 0) is 0 Å². The fraction of sp³-hybridized carbons (Fsp3) is 0.429. The zero-order chi connectivity index (χ0) is 7.68. The van der Waals surface area contributed by atoms with Crippen LogP contribution in [0, 0.1) is 0 Å². The Hall–Kier alpha value is -0.770. The number of aldehydes is 1. The molecule has 3 nitrogen and oxygen atoms in total. The second kappa shape index (κ2) is 2.70. The van der Waals surface area contributed by atoms with Gasteiger partial charge in [0.1, 0.15) is 5.69 Å². The van der Waals surface area contributed by atoms with E-state index >= 15 is 0 Å². The summed E-state index contributed by atoms with van der Waals surface area (Å²) in [6, 6.07) is 0.502. The minimum Gasteiger partial charge on any atom is -0.324 e. The van der Waals surface area contributed by atoms with E-state index in [-0.39, 0.29) is 0 Å². The molecule has 0 aromatic carbocycles. The molecule has 1 aliphatic heterocycles. The van der Waals surface area contributed by atoms with Gasteiger partial charge in [-0.1, -0.05) is 0 Å². The van der Waals surface area contributed by atoms with Crippen molar-refractivity contribution in [2.75, 3.05) is 11.5 Å². The summed E-state index contributed by atoms with van der Waals surface area (Å²) >= 11 is 1.90. The number of hydrogen-bond donors (Lipinski definition) is 0. The zero-order valence-corrected chi connectivity index (χ0v) is 6.75. The van der Waals surface area contributed by atoms with Crippen LogP contribution in [0.4, 0.5) is 0 Å². The molecule has 0 spiro atoms. The molecule has 11 heavy (non-hydrogen) atoms. The molecule has 0 unspecified atom stereocenters. The lowest BCUT2D eigenvalue weighted by molar-refractivity contribution is 0.111. The first-order valence-corrected chi connectivity index (χ1v) is 4.62. The Labute approximate surface area is 68.8 Å². The first-order valence-electron chi connectivity index (χ1n) is 3.46. The summed E-state index contributed by atoms with van der Waals surface area (Å²) in [4.78, 5) is 14.4. The molecule has 2 heterocycles. The molecule has 1 saturated heterocycles. The van der Waals surface area contributed by atoms with Crippen LogP contribution in [0.2, 0.25) is 0 Å². The van der Waals surface area contributed by atoms with Crippen molar-refractivity contribution < 1.29 is 4.79 Å². The number of aromatic nitrogens is 2. The number of hydrogen-bond acceptors (Lipinski definition) is 3. The average Bonchev–Trinajstić information content (AvgIpc) is 2.32. The maximum atomic E-state index is 10.5. The lowest BCUT2D eigenvalue weighted by Gasteiger charge is -2.26. The quantitative estimate of drug-likeness (QED) is 0.617. The lowest BCUT2D eigenvalue weighted by atomic mass is 10.3. The summed E-state index contributed by atoms with van der Waals surface area (Å²) in [7, 11) is 0. The monoisotopic (exact) mass is 168 g/mol. The molecule has 0 atom stereocenters. The van der Waals surface area contributed by atoms with E-state index in [2.05, 4.69) is 4.98 Å². The van der Waals surface area contributed by atoms with Gasteiger partial charge in [0.2, 0.25) is 0 Å². The third kappa shape index (κ3) is 1.07. The Kier molecular flexibility index (Phi) is 1.69. The maximum absolute atomic E-state index is 10.5. The molecule has 1 aromatic heterocycles. The van der Waals surface area contributed by atoms with E-state index in [1.165, 1.54) is 0 Å². The van der Waals surface area contributed by atoms with E-state index in [1.807, 2.05) is 16.3 Å². The molecular weight excluding hydrogens is 160 g/mol. The van der Waals surface area contributed by atoms with Gasteiger partial charge in [-0.3, -0.25) is 4.79 Å². The van der Waals surface area contributed by atoms with Crippen LogP contribution in [0.15, 0.2) is 12.5 Å². The van der Waals surface area contributed by atoms with Crippen molar-refractivity contribution in [3.63, 3.8) is 0 Å². The molecule has 1 aromatic rings. The fourth-order valence-corrected chi connectivity index (χ4v) is 1.86. The lowest BCUT2D eigenvalue weighted by Crippen LogP contribution is -2.23. The molecule has 2 rings (SSSR count). The molecule has 0 bridgehead atoms. The number of nitrogens with zero attached hydrogens (tertiary/aromatic N) is 2. The topological polar surface area (TPSA) is 34.9 Å². The average molecular weight is 168 g/mol.